The summed E-state index contributed by atoms with van der Waals surface area (Å²) in [5.74, 6) is 1.11. The van der Waals surface area contributed by atoms with Gasteiger partial charge in [0.2, 0.25) is 5.75 Å². The molecule has 0 radical (unpaired) electrons. The van der Waals surface area contributed by atoms with Gasteiger partial charge < -0.3 is 29.3 Å². The summed E-state index contributed by atoms with van der Waals surface area (Å²) in [6.45, 7) is 3.61. The lowest BCUT2D eigenvalue weighted by atomic mass is 10.0. The molecule has 2 heterocycles. The predicted molar refractivity (Wildman–Crippen MR) is 118 cm³/mol. The molecule has 8 nitrogen and oxygen atoms in total. The van der Waals surface area contributed by atoms with Crippen LogP contribution < -0.4 is 24.4 Å². The third-order valence-corrected chi connectivity index (χ3v) is 5.90. The predicted octanol–water partition coefficient (Wildman–Crippen LogP) is 3.37. The standard InChI is InChI=1S/C23H27N3O5/c1-5-25-17-11-14(8-9-16(17)23(28)26-10-6-7-20(25)26)22(27)24-15-12-18(29-2)21(31-4)19(13-15)30-3/h8-9,11-13,20H,5-7,10H2,1-4H3,(H,24,27). The first-order chi connectivity index (χ1) is 15.0. The van der Waals surface area contributed by atoms with Crippen LogP contribution in [-0.4, -0.2) is 57.3 Å². The van der Waals surface area contributed by atoms with Crippen LogP contribution in [0.3, 0.4) is 0 Å². The summed E-state index contributed by atoms with van der Waals surface area (Å²) in [6.07, 6.45) is 2.01. The Kier molecular flexibility index (Phi) is 5.63. The van der Waals surface area contributed by atoms with Crippen molar-refractivity contribution < 1.29 is 23.8 Å². The van der Waals surface area contributed by atoms with Crippen molar-refractivity contribution in [2.24, 2.45) is 0 Å². The van der Waals surface area contributed by atoms with Crippen LogP contribution >= 0.6 is 0 Å². The second-order valence-electron chi connectivity index (χ2n) is 7.51. The molecule has 1 atom stereocenters. The highest BCUT2D eigenvalue weighted by atomic mass is 16.5. The van der Waals surface area contributed by atoms with E-state index in [1.54, 1.807) is 30.3 Å². The number of carbonyl (C=O) groups excluding carboxylic acids is 2. The molecule has 4 rings (SSSR count). The summed E-state index contributed by atoms with van der Waals surface area (Å²) < 4.78 is 16.0. The average Bonchev–Trinajstić information content (AvgIpc) is 3.28. The van der Waals surface area contributed by atoms with E-state index in [1.807, 2.05) is 4.90 Å². The van der Waals surface area contributed by atoms with Gasteiger partial charge in [-0.3, -0.25) is 9.59 Å². The molecule has 0 aliphatic carbocycles. The van der Waals surface area contributed by atoms with E-state index in [0.29, 0.717) is 34.1 Å². The van der Waals surface area contributed by atoms with Crippen molar-refractivity contribution in [3.05, 3.63) is 41.5 Å². The van der Waals surface area contributed by atoms with Gasteiger partial charge in [-0.2, -0.15) is 0 Å². The zero-order valence-corrected chi connectivity index (χ0v) is 18.2. The van der Waals surface area contributed by atoms with E-state index < -0.39 is 0 Å². The molecule has 2 aliphatic rings. The number of amides is 2. The molecule has 1 unspecified atom stereocenters. The Hall–Kier alpha value is -3.42. The summed E-state index contributed by atoms with van der Waals surface area (Å²) >= 11 is 0. The smallest absolute Gasteiger partial charge is 0.257 e. The van der Waals surface area contributed by atoms with Gasteiger partial charge in [0.25, 0.3) is 11.8 Å². The van der Waals surface area contributed by atoms with Crippen LogP contribution in [0.25, 0.3) is 0 Å². The van der Waals surface area contributed by atoms with Gasteiger partial charge >= 0.3 is 0 Å². The Balaban J connectivity index is 1.65. The fourth-order valence-corrected chi connectivity index (χ4v) is 4.45. The minimum atomic E-state index is -0.283. The van der Waals surface area contributed by atoms with Gasteiger partial charge in [0.15, 0.2) is 11.5 Å². The third kappa shape index (κ3) is 3.52. The van der Waals surface area contributed by atoms with Crippen molar-refractivity contribution >= 4 is 23.2 Å². The molecule has 2 aromatic rings. The molecule has 31 heavy (non-hydrogen) atoms. The number of benzene rings is 2. The van der Waals surface area contributed by atoms with Crippen molar-refractivity contribution in [1.29, 1.82) is 0 Å². The highest BCUT2D eigenvalue weighted by Gasteiger charge is 2.39. The normalized spacial score (nSPS) is 17.2. The largest absolute Gasteiger partial charge is 0.493 e. The van der Waals surface area contributed by atoms with Crippen molar-refractivity contribution in [3.8, 4) is 17.2 Å². The van der Waals surface area contributed by atoms with E-state index in [9.17, 15) is 9.59 Å². The highest BCUT2D eigenvalue weighted by Crippen LogP contribution is 2.40. The second-order valence-corrected chi connectivity index (χ2v) is 7.51. The van der Waals surface area contributed by atoms with Crippen molar-refractivity contribution in [2.45, 2.75) is 25.9 Å². The lowest BCUT2D eigenvalue weighted by molar-refractivity contribution is 0.0715. The van der Waals surface area contributed by atoms with Gasteiger partial charge in [-0.1, -0.05) is 0 Å². The number of ether oxygens (including phenoxy) is 3. The van der Waals surface area contributed by atoms with Gasteiger partial charge in [0.05, 0.1) is 32.6 Å². The lowest BCUT2D eigenvalue weighted by Crippen LogP contribution is -2.52. The zero-order chi connectivity index (χ0) is 22.1. The number of hydrogen-bond acceptors (Lipinski definition) is 6. The Morgan fingerprint density at radius 1 is 1.10 bits per heavy atom. The van der Waals surface area contributed by atoms with E-state index >= 15 is 0 Å². The summed E-state index contributed by atoms with van der Waals surface area (Å²) in [6, 6.07) is 8.60. The summed E-state index contributed by atoms with van der Waals surface area (Å²) in [5.41, 5.74) is 2.45. The number of methoxy groups -OCH3 is 3. The monoisotopic (exact) mass is 425 g/mol. The molecule has 164 valence electrons. The maximum absolute atomic E-state index is 13.0. The van der Waals surface area contributed by atoms with Crippen LogP contribution in [0.5, 0.6) is 17.2 Å². The fourth-order valence-electron chi connectivity index (χ4n) is 4.45. The van der Waals surface area contributed by atoms with Crippen LogP contribution in [0.2, 0.25) is 0 Å². The van der Waals surface area contributed by atoms with Crippen LogP contribution in [0, 0.1) is 0 Å². The molecule has 0 bridgehead atoms. The van der Waals surface area contributed by atoms with E-state index in [-0.39, 0.29) is 18.0 Å². The topological polar surface area (TPSA) is 80.3 Å². The van der Waals surface area contributed by atoms with Gasteiger partial charge in [-0.25, -0.2) is 0 Å². The molecular weight excluding hydrogens is 398 g/mol. The number of carbonyl (C=O) groups is 2. The number of anilines is 2. The van der Waals surface area contributed by atoms with Gasteiger partial charge in [0.1, 0.15) is 6.17 Å². The van der Waals surface area contributed by atoms with Gasteiger partial charge in [-0.15, -0.1) is 0 Å². The summed E-state index contributed by atoms with van der Waals surface area (Å²) in [5, 5.41) is 2.89. The molecule has 0 saturated carbocycles. The first-order valence-corrected chi connectivity index (χ1v) is 10.3. The maximum atomic E-state index is 13.0. The Bertz CT molecular complexity index is 997. The first-order valence-electron chi connectivity index (χ1n) is 10.3. The molecule has 1 saturated heterocycles. The molecule has 1 fully saturated rings. The average molecular weight is 425 g/mol. The van der Waals surface area contributed by atoms with Crippen molar-refractivity contribution in [1.82, 2.24) is 4.90 Å². The van der Waals surface area contributed by atoms with Gasteiger partial charge in [-0.05, 0) is 38.0 Å². The minimum Gasteiger partial charge on any atom is -0.493 e. The fraction of sp³-hybridized carbons (Fsp3) is 0.391. The van der Waals surface area contributed by atoms with E-state index in [1.165, 1.54) is 21.3 Å². The molecule has 2 aliphatic heterocycles. The Labute approximate surface area is 181 Å². The molecule has 8 heteroatoms. The number of hydrogen-bond donors (Lipinski definition) is 1. The first kappa shape index (κ1) is 20.8. The number of nitrogens with zero attached hydrogens (tertiary/aromatic N) is 2. The van der Waals surface area contributed by atoms with E-state index in [2.05, 4.69) is 17.1 Å². The third-order valence-electron chi connectivity index (χ3n) is 5.90. The number of rotatable bonds is 6. The highest BCUT2D eigenvalue weighted by molar-refractivity contribution is 6.08. The van der Waals surface area contributed by atoms with Crippen molar-refractivity contribution in [3.63, 3.8) is 0 Å². The second kappa shape index (κ2) is 8.37. The molecule has 2 amide bonds. The van der Waals surface area contributed by atoms with E-state index in [4.69, 9.17) is 14.2 Å². The quantitative estimate of drug-likeness (QED) is 0.764. The Morgan fingerprint density at radius 3 is 2.42 bits per heavy atom. The maximum Gasteiger partial charge on any atom is 0.257 e. The summed E-state index contributed by atoms with van der Waals surface area (Å²) in [7, 11) is 4.57. The van der Waals surface area contributed by atoms with Crippen LogP contribution in [0.1, 0.15) is 40.5 Å². The van der Waals surface area contributed by atoms with E-state index in [0.717, 1.165) is 31.6 Å². The van der Waals surface area contributed by atoms with Crippen LogP contribution in [0.15, 0.2) is 30.3 Å². The van der Waals surface area contributed by atoms with Crippen LogP contribution in [-0.2, 0) is 0 Å². The lowest BCUT2D eigenvalue weighted by Gasteiger charge is -2.41. The zero-order valence-electron chi connectivity index (χ0n) is 18.2. The van der Waals surface area contributed by atoms with Crippen LogP contribution in [0.4, 0.5) is 11.4 Å². The van der Waals surface area contributed by atoms with Gasteiger partial charge in [0, 0.05) is 36.5 Å². The number of nitrogens with one attached hydrogen (secondary N) is 1. The summed E-state index contributed by atoms with van der Waals surface area (Å²) in [4.78, 5) is 30.1. The molecule has 2 aromatic carbocycles. The molecule has 0 spiro atoms. The minimum absolute atomic E-state index is 0.0405. The van der Waals surface area contributed by atoms with Crippen molar-refractivity contribution in [2.75, 3.05) is 44.6 Å². The molecule has 1 N–H and O–H groups in total. The molecule has 0 aromatic heterocycles. The number of fused-ring (bicyclic) bond motifs is 2. The Morgan fingerprint density at radius 2 is 1.81 bits per heavy atom. The SMILES string of the molecule is CCN1c2cc(C(=O)Nc3cc(OC)c(OC)c(OC)c3)ccc2C(=O)N2CCCC21. The molecular formula is C23H27N3O5.